The lowest BCUT2D eigenvalue weighted by molar-refractivity contribution is -0.141. The summed E-state index contributed by atoms with van der Waals surface area (Å²) in [5.74, 6) is -0.850. The first-order valence-electron chi connectivity index (χ1n) is 11.8. The van der Waals surface area contributed by atoms with E-state index in [9.17, 15) is 18.0 Å². The molecule has 0 bridgehead atoms. The van der Waals surface area contributed by atoms with E-state index in [0.717, 1.165) is 16.1 Å². The summed E-state index contributed by atoms with van der Waals surface area (Å²) >= 11 is 12.4. The fraction of sp³-hybridized carbons (Fsp3) is 0.462. The van der Waals surface area contributed by atoms with Gasteiger partial charge in [0, 0.05) is 22.1 Å². The van der Waals surface area contributed by atoms with Crippen LogP contribution >= 0.6 is 23.2 Å². The van der Waals surface area contributed by atoms with Crippen molar-refractivity contribution < 1.29 is 18.0 Å². The number of hydrogen-bond acceptors (Lipinski definition) is 4. The Morgan fingerprint density at radius 3 is 2.19 bits per heavy atom. The van der Waals surface area contributed by atoms with Crippen LogP contribution in [0.1, 0.15) is 52.2 Å². The molecule has 0 saturated heterocycles. The van der Waals surface area contributed by atoms with Gasteiger partial charge in [0.2, 0.25) is 21.8 Å². The third-order valence-electron chi connectivity index (χ3n) is 5.56. The minimum atomic E-state index is -3.81. The molecule has 36 heavy (non-hydrogen) atoms. The van der Waals surface area contributed by atoms with E-state index in [-0.39, 0.29) is 12.5 Å². The summed E-state index contributed by atoms with van der Waals surface area (Å²) in [4.78, 5) is 28.4. The number of halogens is 2. The number of nitrogens with zero attached hydrogens (tertiary/aromatic N) is 2. The Labute approximate surface area is 224 Å². The summed E-state index contributed by atoms with van der Waals surface area (Å²) < 4.78 is 26.7. The van der Waals surface area contributed by atoms with Crippen LogP contribution in [-0.2, 0) is 32.6 Å². The summed E-state index contributed by atoms with van der Waals surface area (Å²) in [5.41, 5.74) is 1.31. The second-order valence-electron chi connectivity index (χ2n) is 9.67. The molecule has 0 spiro atoms. The molecule has 1 unspecified atom stereocenters. The second kappa shape index (κ2) is 12.3. The molecular weight excluding hydrogens is 521 g/mol. The van der Waals surface area contributed by atoms with E-state index >= 15 is 0 Å². The number of amides is 2. The smallest absolute Gasteiger partial charge is 0.244 e. The summed E-state index contributed by atoms with van der Waals surface area (Å²) in [6, 6.07) is 11.1. The van der Waals surface area contributed by atoms with Crippen molar-refractivity contribution in [3.8, 4) is 0 Å². The summed E-state index contributed by atoms with van der Waals surface area (Å²) in [5, 5.41) is 3.72. The molecule has 0 heterocycles. The van der Waals surface area contributed by atoms with E-state index in [1.165, 1.54) is 4.90 Å². The van der Waals surface area contributed by atoms with Crippen molar-refractivity contribution in [2.75, 3.05) is 17.1 Å². The van der Waals surface area contributed by atoms with Gasteiger partial charge in [0.1, 0.15) is 12.6 Å². The van der Waals surface area contributed by atoms with Crippen LogP contribution in [0.15, 0.2) is 42.5 Å². The number of para-hydroxylation sites is 1. The molecular formula is C26H35Cl2N3O4S. The molecule has 0 aliphatic heterocycles. The molecule has 1 atom stereocenters. The topological polar surface area (TPSA) is 86.8 Å². The highest BCUT2D eigenvalue weighted by molar-refractivity contribution is 7.92. The Bertz CT molecular complexity index is 1200. The Kier molecular flexibility index (Phi) is 10.2. The molecule has 0 radical (unpaired) electrons. The molecule has 0 aliphatic rings. The van der Waals surface area contributed by atoms with Gasteiger partial charge in [-0.05, 0) is 62.9 Å². The molecule has 1 N–H and O–H groups in total. The number of carbonyl (C=O) groups excluding carboxylic acids is 2. The fourth-order valence-electron chi connectivity index (χ4n) is 3.85. The van der Waals surface area contributed by atoms with Crippen LogP contribution in [0, 0.1) is 0 Å². The number of hydrogen-bond donors (Lipinski definition) is 1. The van der Waals surface area contributed by atoms with Crippen molar-refractivity contribution in [2.24, 2.45) is 0 Å². The molecule has 2 amide bonds. The Morgan fingerprint density at radius 1 is 1.03 bits per heavy atom. The lowest BCUT2D eigenvalue weighted by Gasteiger charge is -2.35. The molecule has 7 nitrogen and oxygen atoms in total. The Hall–Kier alpha value is -2.29. The van der Waals surface area contributed by atoms with Gasteiger partial charge in [-0.25, -0.2) is 8.42 Å². The van der Waals surface area contributed by atoms with Gasteiger partial charge in [-0.1, -0.05) is 61.3 Å². The predicted octanol–water partition coefficient (Wildman–Crippen LogP) is 5.04. The first kappa shape index (κ1) is 29.9. The van der Waals surface area contributed by atoms with Gasteiger partial charge in [-0.15, -0.1) is 0 Å². The predicted molar refractivity (Wildman–Crippen MR) is 147 cm³/mol. The summed E-state index contributed by atoms with van der Waals surface area (Å²) in [7, 11) is -3.81. The number of carbonyl (C=O) groups is 2. The number of aryl methyl sites for hydroxylation is 1. The highest BCUT2D eigenvalue weighted by Crippen LogP contribution is 2.26. The zero-order chi connectivity index (χ0) is 27.3. The number of rotatable bonds is 10. The first-order valence-corrected chi connectivity index (χ1v) is 14.4. The van der Waals surface area contributed by atoms with Crippen molar-refractivity contribution >= 4 is 50.7 Å². The van der Waals surface area contributed by atoms with Crippen LogP contribution < -0.4 is 9.62 Å². The zero-order valence-electron chi connectivity index (χ0n) is 21.6. The van der Waals surface area contributed by atoms with E-state index in [1.54, 1.807) is 37.3 Å². The first-order chi connectivity index (χ1) is 16.7. The van der Waals surface area contributed by atoms with Gasteiger partial charge in [0.25, 0.3) is 0 Å². The molecule has 0 aliphatic carbocycles. The monoisotopic (exact) mass is 555 g/mol. The normalized spacial score (nSPS) is 12.7. The van der Waals surface area contributed by atoms with Gasteiger partial charge >= 0.3 is 0 Å². The third kappa shape index (κ3) is 8.11. The quantitative estimate of drug-likeness (QED) is 0.444. The minimum absolute atomic E-state index is 0.0118. The van der Waals surface area contributed by atoms with Crippen molar-refractivity contribution in [1.82, 2.24) is 10.2 Å². The number of nitrogens with one attached hydrogen (secondary N) is 1. The highest BCUT2D eigenvalue weighted by atomic mass is 35.5. The van der Waals surface area contributed by atoms with Crippen LogP contribution in [0.3, 0.4) is 0 Å². The van der Waals surface area contributed by atoms with Crippen molar-refractivity contribution in [3.63, 3.8) is 0 Å². The van der Waals surface area contributed by atoms with E-state index in [4.69, 9.17) is 23.2 Å². The molecule has 0 saturated carbocycles. The van der Waals surface area contributed by atoms with Crippen molar-refractivity contribution in [3.05, 3.63) is 63.6 Å². The Morgan fingerprint density at radius 2 is 1.67 bits per heavy atom. The van der Waals surface area contributed by atoms with E-state index in [0.29, 0.717) is 34.1 Å². The average molecular weight is 557 g/mol. The molecule has 198 valence electrons. The van der Waals surface area contributed by atoms with Gasteiger partial charge in [-0.3, -0.25) is 13.9 Å². The fourth-order valence-corrected chi connectivity index (χ4v) is 5.20. The van der Waals surface area contributed by atoms with Crippen molar-refractivity contribution in [1.29, 1.82) is 0 Å². The molecule has 2 aromatic rings. The number of benzene rings is 2. The number of anilines is 1. The van der Waals surface area contributed by atoms with E-state index in [1.807, 2.05) is 39.8 Å². The van der Waals surface area contributed by atoms with Gasteiger partial charge in [-0.2, -0.15) is 0 Å². The van der Waals surface area contributed by atoms with E-state index in [2.05, 4.69) is 5.32 Å². The van der Waals surface area contributed by atoms with Crippen LogP contribution in [0.4, 0.5) is 5.69 Å². The standard InChI is InChI=1S/C26H35Cl2N3O4S/c1-7-18-11-9-10-12-23(18)31(36(6,34)35)17-24(32)30(16-19-13-14-20(27)15-21(19)28)22(8-2)25(33)29-26(3,4)5/h9-15,22H,7-8,16-17H2,1-6H3,(H,29,33). The van der Waals surface area contributed by atoms with Gasteiger partial charge in [0.05, 0.1) is 11.9 Å². The van der Waals surface area contributed by atoms with Crippen LogP contribution in [0.25, 0.3) is 0 Å². The highest BCUT2D eigenvalue weighted by Gasteiger charge is 2.33. The maximum absolute atomic E-state index is 13.8. The summed E-state index contributed by atoms with van der Waals surface area (Å²) in [6.45, 7) is 8.84. The number of sulfonamides is 1. The van der Waals surface area contributed by atoms with Crippen molar-refractivity contribution in [2.45, 2.75) is 65.6 Å². The molecule has 0 fully saturated rings. The van der Waals surface area contributed by atoms with Crippen LogP contribution in [0.2, 0.25) is 10.0 Å². The second-order valence-corrected chi connectivity index (χ2v) is 12.4. The minimum Gasteiger partial charge on any atom is -0.350 e. The maximum atomic E-state index is 13.8. The maximum Gasteiger partial charge on any atom is 0.244 e. The van der Waals surface area contributed by atoms with E-state index < -0.39 is 34.1 Å². The van der Waals surface area contributed by atoms with Crippen LogP contribution in [0.5, 0.6) is 0 Å². The SMILES string of the molecule is CCc1ccccc1N(CC(=O)N(Cc1ccc(Cl)cc1Cl)C(CC)C(=O)NC(C)(C)C)S(C)(=O)=O. The molecule has 2 rings (SSSR count). The molecule has 2 aromatic carbocycles. The lowest BCUT2D eigenvalue weighted by atomic mass is 10.1. The summed E-state index contributed by atoms with van der Waals surface area (Å²) in [6.07, 6.45) is 1.98. The lowest BCUT2D eigenvalue weighted by Crippen LogP contribution is -2.55. The third-order valence-corrected chi connectivity index (χ3v) is 7.27. The van der Waals surface area contributed by atoms with Gasteiger partial charge in [0.15, 0.2) is 0 Å². The average Bonchev–Trinajstić information content (AvgIpc) is 2.76. The molecule has 10 heteroatoms. The largest absolute Gasteiger partial charge is 0.350 e. The van der Waals surface area contributed by atoms with Crippen LogP contribution in [-0.4, -0.2) is 49.5 Å². The van der Waals surface area contributed by atoms with Gasteiger partial charge < -0.3 is 10.2 Å². The Balaban J connectivity index is 2.53. The molecule has 0 aromatic heterocycles. The zero-order valence-corrected chi connectivity index (χ0v) is 24.0.